The van der Waals surface area contributed by atoms with Crippen molar-refractivity contribution in [1.82, 2.24) is 15.5 Å². The Kier molecular flexibility index (Phi) is 11.1. The van der Waals surface area contributed by atoms with Gasteiger partial charge in [-0.3, -0.25) is 9.89 Å². The summed E-state index contributed by atoms with van der Waals surface area (Å²) in [5.74, 6) is 1.75. The average Bonchev–Trinajstić information content (AvgIpc) is 2.78. The maximum absolute atomic E-state index is 5.44. The summed E-state index contributed by atoms with van der Waals surface area (Å²) in [4.78, 5) is 6.79. The largest absolute Gasteiger partial charge is 0.496 e. The predicted molar refractivity (Wildman–Crippen MR) is 138 cm³/mol. The Hall–Kier alpha value is -1.84. The van der Waals surface area contributed by atoms with Crippen LogP contribution in [0.15, 0.2) is 47.5 Å². The van der Waals surface area contributed by atoms with Crippen LogP contribution in [0.25, 0.3) is 0 Å². The normalized spacial score (nSPS) is 14.6. The Labute approximate surface area is 203 Å². The van der Waals surface area contributed by atoms with Crippen LogP contribution in [0.2, 0.25) is 0 Å². The SMILES string of the molecule is CN=C(NCCc1ccc(C)c(OC)c1)NCc1cccc(CN2CCOCC2)c1.I. The van der Waals surface area contributed by atoms with Gasteiger partial charge < -0.3 is 20.1 Å². The van der Waals surface area contributed by atoms with Crippen molar-refractivity contribution in [3.05, 3.63) is 64.7 Å². The number of rotatable bonds is 8. The molecule has 0 saturated carbocycles. The van der Waals surface area contributed by atoms with Gasteiger partial charge in [-0.25, -0.2) is 0 Å². The van der Waals surface area contributed by atoms with Gasteiger partial charge in [0.25, 0.3) is 0 Å². The molecular weight excluding hydrogens is 503 g/mol. The zero-order valence-corrected chi connectivity index (χ0v) is 21.1. The molecule has 0 atom stereocenters. The number of nitrogens with zero attached hydrogens (tertiary/aromatic N) is 2. The summed E-state index contributed by atoms with van der Waals surface area (Å²) in [5.41, 5.74) is 5.00. The molecule has 0 bridgehead atoms. The highest BCUT2D eigenvalue weighted by Gasteiger charge is 2.10. The topological polar surface area (TPSA) is 58.1 Å². The van der Waals surface area contributed by atoms with E-state index in [-0.39, 0.29) is 24.0 Å². The van der Waals surface area contributed by atoms with E-state index in [4.69, 9.17) is 9.47 Å². The van der Waals surface area contributed by atoms with E-state index in [1.807, 2.05) is 0 Å². The molecule has 7 heteroatoms. The first-order valence-electron chi connectivity index (χ1n) is 10.6. The van der Waals surface area contributed by atoms with Gasteiger partial charge in [0.15, 0.2) is 5.96 Å². The van der Waals surface area contributed by atoms with Gasteiger partial charge in [-0.1, -0.05) is 36.4 Å². The third-order valence-electron chi connectivity index (χ3n) is 5.36. The lowest BCUT2D eigenvalue weighted by Gasteiger charge is -2.26. The lowest BCUT2D eigenvalue weighted by Crippen LogP contribution is -2.38. The molecule has 31 heavy (non-hydrogen) atoms. The second-order valence-corrected chi connectivity index (χ2v) is 7.61. The number of morpholine rings is 1. The standard InChI is InChI=1S/C24H34N4O2.HI/c1-19-7-8-20(16-23(19)29-3)9-10-26-24(25-2)27-17-21-5-4-6-22(15-21)18-28-11-13-30-14-12-28;/h4-8,15-16H,9-14,17-18H2,1-3H3,(H2,25,26,27);1H. The van der Waals surface area contributed by atoms with Gasteiger partial charge in [-0.05, 0) is 41.7 Å². The zero-order chi connectivity index (χ0) is 21.2. The van der Waals surface area contributed by atoms with E-state index in [1.54, 1.807) is 14.2 Å². The molecule has 0 aromatic heterocycles. The van der Waals surface area contributed by atoms with Crippen molar-refractivity contribution < 1.29 is 9.47 Å². The van der Waals surface area contributed by atoms with Crippen LogP contribution in [0.1, 0.15) is 22.3 Å². The zero-order valence-electron chi connectivity index (χ0n) is 18.8. The number of guanidine groups is 1. The van der Waals surface area contributed by atoms with Crippen molar-refractivity contribution in [2.45, 2.75) is 26.4 Å². The average molecular weight is 538 g/mol. The number of aliphatic imine (C=N–C) groups is 1. The molecule has 0 aliphatic carbocycles. The highest BCUT2D eigenvalue weighted by Crippen LogP contribution is 2.19. The first kappa shape index (κ1) is 25.4. The number of hydrogen-bond acceptors (Lipinski definition) is 4. The third-order valence-corrected chi connectivity index (χ3v) is 5.36. The number of hydrogen-bond donors (Lipinski definition) is 2. The van der Waals surface area contributed by atoms with Gasteiger partial charge in [-0.2, -0.15) is 0 Å². The number of aryl methyl sites for hydroxylation is 1. The van der Waals surface area contributed by atoms with Crippen molar-refractivity contribution in [1.29, 1.82) is 0 Å². The smallest absolute Gasteiger partial charge is 0.191 e. The Morgan fingerprint density at radius 3 is 2.58 bits per heavy atom. The molecule has 1 aliphatic heterocycles. The van der Waals surface area contributed by atoms with Crippen LogP contribution in [0.5, 0.6) is 5.75 Å². The van der Waals surface area contributed by atoms with E-state index in [0.29, 0.717) is 0 Å². The molecule has 0 unspecified atom stereocenters. The maximum atomic E-state index is 5.44. The molecule has 1 saturated heterocycles. The van der Waals surface area contributed by atoms with Crippen LogP contribution in [0.3, 0.4) is 0 Å². The Bertz CT molecular complexity index is 838. The molecule has 6 nitrogen and oxygen atoms in total. The summed E-state index contributed by atoms with van der Waals surface area (Å²) in [6.07, 6.45) is 0.909. The van der Waals surface area contributed by atoms with Gasteiger partial charge in [0.2, 0.25) is 0 Å². The summed E-state index contributed by atoms with van der Waals surface area (Å²) in [5, 5.41) is 6.81. The van der Waals surface area contributed by atoms with E-state index >= 15 is 0 Å². The Balaban J connectivity index is 0.00000341. The van der Waals surface area contributed by atoms with E-state index in [1.165, 1.54) is 16.7 Å². The maximum Gasteiger partial charge on any atom is 0.191 e. The fourth-order valence-corrected chi connectivity index (χ4v) is 3.61. The van der Waals surface area contributed by atoms with Crippen LogP contribution in [-0.2, 0) is 24.2 Å². The van der Waals surface area contributed by atoms with Crippen LogP contribution in [-0.4, -0.2) is 57.9 Å². The second-order valence-electron chi connectivity index (χ2n) is 7.61. The number of halogens is 1. The molecule has 0 spiro atoms. The van der Waals surface area contributed by atoms with Crippen molar-refractivity contribution in [3.8, 4) is 5.75 Å². The third kappa shape index (κ3) is 8.31. The van der Waals surface area contributed by atoms with Crippen LogP contribution < -0.4 is 15.4 Å². The monoisotopic (exact) mass is 538 g/mol. The first-order chi connectivity index (χ1) is 14.7. The molecule has 0 radical (unpaired) electrons. The molecule has 1 fully saturated rings. The molecule has 0 amide bonds. The summed E-state index contributed by atoms with van der Waals surface area (Å²) in [6.45, 7) is 8.26. The van der Waals surface area contributed by atoms with Crippen LogP contribution in [0, 0.1) is 6.92 Å². The number of nitrogens with one attached hydrogen (secondary N) is 2. The van der Waals surface area contributed by atoms with Crippen LogP contribution in [0.4, 0.5) is 0 Å². The molecule has 2 N–H and O–H groups in total. The first-order valence-corrected chi connectivity index (χ1v) is 10.6. The van der Waals surface area contributed by atoms with Gasteiger partial charge >= 0.3 is 0 Å². The summed E-state index contributed by atoms with van der Waals surface area (Å²) in [6, 6.07) is 15.1. The number of methoxy groups -OCH3 is 1. The highest BCUT2D eigenvalue weighted by atomic mass is 127. The Morgan fingerprint density at radius 2 is 1.84 bits per heavy atom. The van der Waals surface area contributed by atoms with Gasteiger partial charge in [0.05, 0.1) is 20.3 Å². The van der Waals surface area contributed by atoms with E-state index < -0.39 is 0 Å². The lowest BCUT2D eigenvalue weighted by atomic mass is 10.1. The van der Waals surface area contributed by atoms with Crippen molar-refractivity contribution in [2.75, 3.05) is 47.0 Å². The van der Waals surface area contributed by atoms with Crippen molar-refractivity contribution >= 4 is 29.9 Å². The van der Waals surface area contributed by atoms with Gasteiger partial charge in [0, 0.05) is 39.8 Å². The molecule has 1 heterocycles. The minimum Gasteiger partial charge on any atom is -0.496 e. The second kappa shape index (κ2) is 13.5. The number of benzene rings is 2. The lowest BCUT2D eigenvalue weighted by molar-refractivity contribution is 0.0342. The molecule has 2 aromatic rings. The van der Waals surface area contributed by atoms with E-state index in [2.05, 4.69) is 69.9 Å². The summed E-state index contributed by atoms with van der Waals surface area (Å²) in [7, 11) is 3.52. The fourth-order valence-electron chi connectivity index (χ4n) is 3.61. The summed E-state index contributed by atoms with van der Waals surface area (Å²) >= 11 is 0. The molecule has 1 aliphatic rings. The fraction of sp³-hybridized carbons (Fsp3) is 0.458. The predicted octanol–water partition coefficient (Wildman–Crippen LogP) is 3.36. The van der Waals surface area contributed by atoms with Crippen LogP contribution >= 0.6 is 24.0 Å². The minimum atomic E-state index is 0. The van der Waals surface area contributed by atoms with Gasteiger partial charge in [-0.15, -0.1) is 24.0 Å². The highest BCUT2D eigenvalue weighted by molar-refractivity contribution is 14.0. The van der Waals surface area contributed by atoms with E-state index in [0.717, 1.165) is 69.6 Å². The molecular formula is C24H35IN4O2. The van der Waals surface area contributed by atoms with Crippen molar-refractivity contribution in [3.63, 3.8) is 0 Å². The van der Waals surface area contributed by atoms with E-state index in [9.17, 15) is 0 Å². The molecule has 170 valence electrons. The Morgan fingerprint density at radius 1 is 1.06 bits per heavy atom. The van der Waals surface area contributed by atoms with Gasteiger partial charge in [0.1, 0.15) is 5.75 Å². The minimum absolute atomic E-state index is 0. The number of ether oxygens (including phenoxy) is 2. The summed E-state index contributed by atoms with van der Waals surface area (Å²) < 4.78 is 10.9. The quantitative estimate of drug-likeness (QED) is 0.307. The molecule has 2 aromatic carbocycles. The molecule has 3 rings (SSSR count). The van der Waals surface area contributed by atoms with Crippen molar-refractivity contribution in [2.24, 2.45) is 4.99 Å².